The van der Waals surface area contributed by atoms with E-state index < -0.39 is 0 Å². The van der Waals surface area contributed by atoms with Gasteiger partial charge in [0, 0.05) is 44.7 Å². The largest absolute Gasteiger partial charge is 0.494 e. The molecule has 1 heterocycles. The number of aromatic amines is 1. The van der Waals surface area contributed by atoms with E-state index >= 15 is 0 Å². The van der Waals surface area contributed by atoms with Crippen LogP contribution in [-0.4, -0.2) is 45.1 Å². The lowest BCUT2D eigenvalue weighted by Crippen LogP contribution is -2.24. The summed E-state index contributed by atoms with van der Waals surface area (Å²) < 4.78 is 7.74. The summed E-state index contributed by atoms with van der Waals surface area (Å²) in [6.45, 7) is 4.84. The molecule has 1 aromatic heterocycles. The molecule has 2 N–H and O–H groups in total. The lowest BCUT2D eigenvalue weighted by Gasteiger charge is -2.18. The SMILES string of the molecule is CCOc1ccc(-c2n[nH]c(=S)n2CCC(=O)Nc2ccccc2CN(C)C(C)=O)cc1. The number of amides is 2. The van der Waals surface area contributed by atoms with E-state index in [4.69, 9.17) is 17.0 Å². The van der Waals surface area contributed by atoms with Crippen LogP contribution in [0.15, 0.2) is 48.5 Å². The zero-order valence-corrected chi connectivity index (χ0v) is 19.2. The van der Waals surface area contributed by atoms with Crippen LogP contribution in [0.5, 0.6) is 5.75 Å². The fourth-order valence-corrected chi connectivity index (χ4v) is 3.41. The van der Waals surface area contributed by atoms with Crippen LogP contribution in [-0.2, 0) is 22.7 Å². The van der Waals surface area contributed by atoms with Crippen molar-refractivity contribution in [3.8, 4) is 17.1 Å². The number of anilines is 1. The molecule has 0 aliphatic heterocycles. The molecule has 8 nitrogen and oxygen atoms in total. The first-order valence-corrected chi connectivity index (χ1v) is 10.8. The number of hydrogen-bond acceptors (Lipinski definition) is 5. The Labute approximate surface area is 192 Å². The molecule has 0 spiro atoms. The Hall–Kier alpha value is -3.46. The standard InChI is InChI=1S/C23H27N5O3S/c1-4-31-19-11-9-17(10-12-19)22-25-26-23(32)28(22)14-13-21(30)24-20-8-6-5-7-18(20)15-27(3)16(2)29/h5-12H,4,13-15H2,1-3H3,(H,24,30)(H,26,32). The number of nitrogens with zero attached hydrogens (tertiary/aromatic N) is 3. The number of ether oxygens (including phenoxy) is 1. The van der Waals surface area contributed by atoms with Gasteiger partial charge in [0.05, 0.1) is 6.61 Å². The summed E-state index contributed by atoms with van der Waals surface area (Å²) in [4.78, 5) is 25.8. The average Bonchev–Trinajstić information content (AvgIpc) is 3.14. The topological polar surface area (TPSA) is 92.2 Å². The van der Waals surface area contributed by atoms with E-state index in [1.165, 1.54) is 6.92 Å². The number of rotatable bonds is 9. The second-order valence-electron chi connectivity index (χ2n) is 7.29. The molecule has 3 aromatic rings. The second-order valence-corrected chi connectivity index (χ2v) is 7.68. The predicted octanol–water partition coefficient (Wildman–Crippen LogP) is 4.01. The molecular weight excluding hydrogens is 426 g/mol. The molecule has 0 unspecified atom stereocenters. The average molecular weight is 454 g/mol. The number of hydrogen-bond donors (Lipinski definition) is 2. The smallest absolute Gasteiger partial charge is 0.226 e. The number of carbonyl (C=O) groups excluding carboxylic acids is 2. The van der Waals surface area contributed by atoms with Gasteiger partial charge >= 0.3 is 0 Å². The quantitative estimate of drug-likeness (QED) is 0.478. The van der Waals surface area contributed by atoms with E-state index in [9.17, 15) is 9.59 Å². The molecule has 0 atom stereocenters. The molecule has 0 fully saturated rings. The van der Waals surface area contributed by atoms with Gasteiger partial charge in [-0.25, -0.2) is 0 Å². The van der Waals surface area contributed by atoms with Crippen LogP contribution in [0.1, 0.15) is 25.8 Å². The monoisotopic (exact) mass is 453 g/mol. The third kappa shape index (κ3) is 5.82. The summed E-state index contributed by atoms with van der Waals surface area (Å²) in [5.41, 5.74) is 2.43. The van der Waals surface area contributed by atoms with Crippen molar-refractivity contribution in [2.45, 2.75) is 33.4 Å². The number of carbonyl (C=O) groups is 2. The molecule has 168 valence electrons. The highest BCUT2D eigenvalue weighted by Crippen LogP contribution is 2.22. The van der Waals surface area contributed by atoms with E-state index in [2.05, 4.69) is 15.5 Å². The summed E-state index contributed by atoms with van der Waals surface area (Å²) in [7, 11) is 1.73. The predicted molar refractivity (Wildman–Crippen MR) is 126 cm³/mol. The molecule has 3 rings (SSSR count). The minimum Gasteiger partial charge on any atom is -0.494 e. The maximum absolute atomic E-state index is 12.7. The zero-order chi connectivity index (χ0) is 23.1. The lowest BCUT2D eigenvalue weighted by molar-refractivity contribution is -0.128. The summed E-state index contributed by atoms with van der Waals surface area (Å²) in [6.07, 6.45) is 0.217. The molecule has 0 radical (unpaired) electrons. The van der Waals surface area contributed by atoms with Crippen molar-refractivity contribution < 1.29 is 14.3 Å². The molecule has 0 saturated carbocycles. The van der Waals surface area contributed by atoms with Crippen molar-refractivity contribution in [3.05, 3.63) is 58.9 Å². The van der Waals surface area contributed by atoms with Gasteiger partial charge in [-0.05, 0) is 55.0 Å². The highest BCUT2D eigenvalue weighted by molar-refractivity contribution is 7.71. The second kappa shape index (κ2) is 10.7. The Kier molecular flexibility index (Phi) is 7.77. The molecule has 0 aliphatic carbocycles. The van der Waals surface area contributed by atoms with Crippen molar-refractivity contribution in [1.29, 1.82) is 0 Å². The minimum absolute atomic E-state index is 0.0396. The van der Waals surface area contributed by atoms with Crippen LogP contribution in [0.4, 0.5) is 5.69 Å². The fourth-order valence-electron chi connectivity index (χ4n) is 3.19. The van der Waals surface area contributed by atoms with Crippen LogP contribution >= 0.6 is 12.2 Å². The van der Waals surface area contributed by atoms with Crippen molar-refractivity contribution in [2.24, 2.45) is 0 Å². The van der Waals surface area contributed by atoms with Crippen molar-refractivity contribution >= 4 is 29.7 Å². The van der Waals surface area contributed by atoms with Crippen LogP contribution in [0.2, 0.25) is 0 Å². The number of benzene rings is 2. The summed E-state index contributed by atoms with van der Waals surface area (Å²) in [6, 6.07) is 15.0. The molecule has 0 aliphatic rings. The third-order valence-electron chi connectivity index (χ3n) is 4.98. The van der Waals surface area contributed by atoms with E-state index in [0.29, 0.717) is 36.0 Å². The van der Waals surface area contributed by atoms with E-state index in [-0.39, 0.29) is 18.2 Å². The van der Waals surface area contributed by atoms with Gasteiger partial charge in [0.2, 0.25) is 11.8 Å². The first-order chi connectivity index (χ1) is 15.4. The first-order valence-electron chi connectivity index (χ1n) is 10.4. The molecule has 0 saturated heterocycles. The van der Waals surface area contributed by atoms with Crippen LogP contribution in [0, 0.1) is 4.77 Å². The van der Waals surface area contributed by atoms with Gasteiger partial charge in [0.25, 0.3) is 0 Å². The highest BCUT2D eigenvalue weighted by Gasteiger charge is 2.13. The van der Waals surface area contributed by atoms with E-state index in [1.807, 2.05) is 55.5 Å². The zero-order valence-electron chi connectivity index (χ0n) is 18.4. The maximum atomic E-state index is 12.7. The van der Waals surface area contributed by atoms with Gasteiger partial charge in [-0.15, -0.1) is 0 Å². The van der Waals surface area contributed by atoms with Crippen LogP contribution < -0.4 is 10.1 Å². The van der Waals surface area contributed by atoms with Crippen molar-refractivity contribution in [2.75, 3.05) is 19.0 Å². The maximum Gasteiger partial charge on any atom is 0.226 e. The summed E-state index contributed by atoms with van der Waals surface area (Å²) in [5, 5.41) is 10.1. The summed E-state index contributed by atoms with van der Waals surface area (Å²) >= 11 is 5.37. The van der Waals surface area contributed by atoms with E-state index in [1.54, 1.807) is 16.5 Å². The van der Waals surface area contributed by atoms with Gasteiger partial charge < -0.3 is 15.0 Å². The Balaban J connectivity index is 1.68. The summed E-state index contributed by atoms with van der Waals surface area (Å²) in [5.74, 6) is 1.26. The lowest BCUT2D eigenvalue weighted by atomic mass is 10.1. The Morgan fingerprint density at radius 3 is 2.59 bits per heavy atom. The number of nitrogens with one attached hydrogen (secondary N) is 2. The van der Waals surface area contributed by atoms with Crippen LogP contribution in [0.3, 0.4) is 0 Å². The Morgan fingerprint density at radius 1 is 1.19 bits per heavy atom. The first kappa shape index (κ1) is 23.2. The van der Waals surface area contributed by atoms with Crippen molar-refractivity contribution in [1.82, 2.24) is 19.7 Å². The molecule has 0 bridgehead atoms. The molecule has 2 aromatic carbocycles. The fraction of sp³-hybridized carbons (Fsp3) is 0.304. The van der Waals surface area contributed by atoms with Gasteiger partial charge in [-0.2, -0.15) is 5.10 Å². The van der Waals surface area contributed by atoms with Gasteiger partial charge in [0.1, 0.15) is 5.75 Å². The third-order valence-corrected chi connectivity index (χ3v) is 5.29. The Morgan fingerprint density at radius 2 is 1.91 bits per heavy atom. The molecule has 32 heavy (non-hydrogen) atoms. The van der Waals surface area contributed by atoms with Gasteiger partial charge in [0.15, 0.2) is 10.6 Å². The molecular formula is C23H27N5O3S. The normalized spacial score (nSPS) is 10.6. The van der Waals surface area contributed by atoms with Crippen LogP contribution in [0.25, 0.3) is 11.4 Å². The minimum atomic E-state index is -0.149. The Bertz CT molecular complexity index is 1140. The number of aromatic nitrogens is 3. The highest BCUT2D eigenvalue weighted by atomic mass is 32.1. The molecule has 2 amide bonds. The van der Waals surface area contributed by atoms with E-state index in [0.717, 1.165) is 16.9 Å². The van der Waals surface area contributed by atoms with Gasteiger partial charge in [-0.3, -0.25) is 19.3 Å². The van der Waals surface area contributed by atoms with Crippen molar-refractivity contribution in [3.63, 3.8) is 0 Å². The number of H-pyrrole nitrogens is 1. The number of para-hydroxylation sites is 1. The molecule has 9 heteroatoms. The van der Waals surface area contributed by atoms with Gasteiger partial charge in [-0.1, -0.05) is 18.2 Å².